The zero-order chi connectivity index (χ0) is 16.2. The van der Waals surface area contributed by atoms with Crippen molar-refractivity contribution < 1.29 is 9.59 Å². The predicted octanol–water partition coefficient (Wildman–Crippen LogP) is 2.02. The van der Waals surface area contributed by atoms with Gasteiger partial charge in [0.2, 0.25) is 17.4 Å². The Kier molecular flexibility index (Phi) is 4.82. The van der Waals surface area contributed by atoms with Crippen LogP contribution in [0.4, 0.5) is 0 Å². The summed E-state index contributed by atoms with van der Waals surface area (Å²) < 4.78 is 0. The molecular formula is C16H20N4O2. The van der Waals surface area contributed by atoms with Gasteiger partial charge in [0.1, 0.15) is 0 Å². The van der Waals surface area contributed by atoms with E-state index in [9.17, 15) is 9.59 Å². The molecule has 0 fully saturated rings. The standard InChI is InChI=1S/C16H20N4O2/c1-3-7-14(21)18-16(15(22)11(2)17)10-13(19-20-16)12-8-5-4-6-9-12/h4-6,8-11H,3,7,17H2,1-2H3,(H,18,21)/t11-,16?/m0/s1. The maximum atomic E-state index is 12.4. The van der Waals surface area contributed by atoms with E-state index in [1.54, 1.807) is 13.0 Å². The zero-order valence-electron chi connectivity index (χ0n) is 12.7. The normalized spacial score (nSPS) is 21.3. The molecule has 0 aromatic heterocycles. The first-order valence-electron chi connectivity index (χ1n) is 7.30. The smallest absolute Gasteiger partial charge is 0.234 e. The van der Waals surface area contributed by atoms with E-state index in [1.165, 1.54) is 0 Å². The van der Waals surface area contributed by atoms with E-state index in [-0.39, 0.29) is 11.7 Å². The van der Waals surface area contributed by atoms with E-state index >= 15 is 0 Å². The van der Waals surface area contributed by atoms with Crippen molar-refractivity contribution in [2.24, 2.45) is 16.0 Å². The second-order valence-electron chi connectivity index (χ2n) is 5.31. The maximum Gasteiger partial charge on any atom is 0.234 e. The minimum atomic E-state index is -1.49. The number of nitrogens with one attached hydrogen (secondary N) is 1. The Balaban J connectivity index is 2.36. The molecule has 6 heteroatoms. The first kappa shape index (κ1) is 16.0. The minimum absolute atomic E-state index is 0.249. The number of nitrogens with zero attached hydrogens (tertiary/aromatic N) is 2. The highest BCUT2D eigenvalue weighted by molar-refractivity contribution is 5.99. The molecule has 1 aromatic carbocycles. The number of hydrogen-bond donors (Lipinski definition) is 2. The molecule has 0 saturated heterocycles. The SMILES string of the molecule is CCCC(=O)NC1(C(=O)[C@H](C)N)C=C(c2ccccc2)N=N1. The fourth-order valence-corrected chi connectivity index (χ4v) is 2.23. The van der Waals surface area contributed by atoms with Crippen LogP contribution in [0.3, 0.4) is 0 Å². The number of carbonyl (C=O) groups excluding carboxylic acids is 2. The molecule has 0 radical (unpaired) electrons. The highest BCUT2D eigenvalue weighted by atomic mass is 16.2. The van der Waals surface area contributed by atoms with Crippen molar-refractivity contribution in [3.8, 4) is 0 Å². The largest absolute Gasteiger partial charge is 0.322 e. The zero-order valence-corrected chi connectivity index (χ0v) is 12.7. The highest BCUT2D eigenvalue weighted by Crippen LogP contribution is 2.30. The second-order valence-corrected chi connectivity index (χ2v) is 5.31. The van der Waals surface area contributed by atoms with E-state index in [1.807, 2.05) is 37.3 Å². The summed E-state index contributed by atoms with van der Waals surface area (Å²) in [5.74, 6) is -0.632. The predicted molar refractivity (Wildman–Crippen MR) is 83.7 cm³/mol. The molecule has 2 rings (SSSR count). The summed E-state index contributed by atoms with van der Waals surface area (Å²) in [5, 5.41) is 10.8. The van der Waals surface area contributed by atoms with Gasteiger partial charge in [-0.15, -0.1) is 5.11 Å². The van der Waals surface area contributed by atoms with Crippen molar-refractivity contribution in [3.63, 3.8) is 0 Å². The van der Waals surface area contributed by atoms with Gasteiger partial charge in [-0.25, -0.2) is 0 Å². The van der Waals surface area contributed by atoms with Crippen molar-refractivity contribution in [2.45, 2.75) is 38.4 Å². The van der Waals surface area contributed by atoms with Crippen molar-refractivity contribution in [3.05, 3.63) is 42.0 Å². The summed E-state index contributed by atoms with van der Waals surface area (Å²) in [6.07, 6.45) is 2.57. The minimum Gasteiger partial charge on any atom is -0.322 e. The molecule has 1 aliphatic rings. The summed E-state index contributed by atoms with van der Waals surface area (Å²) in [7, 11) is 0. The van der Waals surface area contributed by atoms with Gasteiger partial charge in [0.25, 0.3) is 0 Å². The number of rotatable bonds is 6. The number of Topliss-reactive ketones (excluding diaryl/α,β-unsaturated/α-hetero) is 1. The van der Waals surface area contributed by atoms with E-state index in [2.05, 4.69) is 15.5 Å². The number of nitrogens with two attached hydrogens (primary N) is 1. The molecule has 0 bridgehead atoms. The molecule has 3 N–H and O–H groups in total. The number of amides is 1. The summed E-state index contributed by atoms with van der Waals surface area (Å²) in [4.78, 5) is 24.4. The van der Waals surface area contributed by atoms with Crippen LogP contribution < -0.4 is 11.1 Å². The average molecular weight is 300 g/mol. The van der Waals surface area contributed by atoms with Crippen LogP contribution in [0.1, 0.15) is 32.3 Å². The summed E-state index contributed by atoms with van der Waals surface area (Å²) in [6.45, 7) is 3.46. The maximum absolute atomic E-state index is 12.4. The van der Waals surface area contributed by atoms with Crippen LogP contribution >= 0.6 is 0 Å². The lowest BCUT2D eigenvalue weighted by Crippen LogP contribution is -2.55. The molecule has 0 spiro atoms. The lowest BCUT2D eigenvalue weighted by Gasteiger charge is -2.24. The summed E-state index contributed by atoms with van der Waals surface area (Å²) in [5.41, 5.74) is 5.59. The Bertz CT molecular complexity index is 622. The Morgan fingerprint density at radius 3 is 2.59 bits per heavy atom. The lowest BCUT2D eigenvalue weighted by atomic mass is 9.98. The van der Waals surface area contributed by atoms with Crippen LogP contribution in [0.2, 0.25) is 0 Å². The molecule has 1 unspecified atom stereocenters. The van der Waals surface area contributed by atoms with Gasteiger partial charge < -0.3 is 11.1 Å². The van der Waals surface area contributed by atoms with Gasteiger partial charge in [-0.1, -0.05) is 37.3 Å². The van der Waals surface area contributed by atoms with Gasteiger partial charge in [-0.05, 0) is 13.3 Å². The number of hydrogen-bond acceptors (Lipinski definition) is 5. The Hall–Kier alpha value is -2.34. The van der Waals surface area contributed by atoms with Crippen molar-refractivity contribution >= 4 is 17.4 Å². The van der Waals surface area contributed by atoms with Gasteiger partial charge in [-0.3, -0.25) is 9.59 Å². The molecule has 1 heterocycles. The highest BCUT2D eigenvalue weighted by Gasteiger charge is 2.43. The van der Waals surface area contributed by atoms with Gasteiger partial charge in [0.05, 0.1) is 11.7 Å². The quantitative estimate of drug-likeness (QED) is 0.841. The Morgan fingerprint density at radius 2 is 2.00 bits per heavy atom. The van der Waals surface area contributed by atoms with Crippen LogP contribution in [0.5, 0.6) is 0 Å². The van der Waals surface area contributed by atoms with Gasteiger partial charge in [0, 0.05) is 18.1 Å². The van der Waals surface area contributed by atoms with Gasteiger partial charge in [-0.2, -0.15) is 5.11 Å². The fourth-order valence-electron chi connectivity index (χ4n) is 2.23. The number of azo groups is 1. The van der Waals surface area contributed by atoms with Crippen LogP contribution in [0, 0.1) is 0 Å². The van der Waals surface area contributed by atoms with Crippen LogP contribution in [-0.2, 0) is 9.59 Å². The Morgan fingerprint density at radius 1 is 1.32 bits per heavy atom. The topological polar surface area (TPSA) is 96.9 Å². The number of carbonyl (C=O) groups is 2. The third kappa shape index (κ3) is 3.28. The molecule has 116 valence electrons. The third-order valence-corrected chi connectivity index (χ3v) is 3.33. The van der Waals surface area contributed by atoms with Gasteiger partial charge in [0.15, 0.2) is 0 Å². The lowest BCUT2D eigenvalue weighted by molar-refractivity contribution is -0.130. The molecule has 6 nitrogen and oxygen atoms in total. The van der Waals surface area contributed by atoms with Crippen molar-refractivity contribution in [1.29, 1.82) is 0 Å². The van der Waals surface area contributed by atoms with E-state index in [0.717, 1.165) is 5.56 Å². The first-order chi connectivity index (χ1) is 10.5. The van der Waals surface area contributed by atoms with Crippen LogP contribution in [-0.4, -0.2) is 23.4 Å². The van der Waals surface area contributed by atoms with Crippen LogP contribution in [0.25, 0.3) is 5.70 Å². The first-order valence-corrected chi connectivity index (χ1v) is 7.30. The molecule has 2 atom stereocenters. The fraction of sp³-hybridized carbons (Fsp3) is 0.375. The van der Waals surface area contributed by atoms with Gasteiger partial charge >= 0.3 is 0 Å². The molecule has 1 amide bonds. The number of benzene rings is 1. The monoisotopic (exact) mass is 300 g/mol. The van der Waals surface area contributed by atoms with E-state index in [4.69, 9.17) is 5.73 Å². The summed E-state index contributed by atoms with van der Waals surface area (Å²) in [6, 6.07) is 8.60. The van der Waals surface area contributed by atoms with E-state index < -0.39 is 11.7 Å². The molecule has 1 aliphatic heterocycles. The summed E-state index contributed by atoms with van der Waals surface area (Å²) >= 11 is 0. The van der Waals surface area contributed by atoms with Crippen LogP contribution in [0.15, 0.2) is 46.6 Å². The molecule has 0 saturated carbocycles. The second kappa shape index (κ2) is 6.62. The molecular weight excluding hydrogens is 280 g/mol. The molecule has 1 aromatic rings. The Labute approximate surface area is 129 Å². The van der Waals surface area contributed by atoms with Crippen molar-refractivity contribution in [1.82, 2.24) is 5.32 Å². The third-order valence-electron chi connectivity index (χ3n) is 3.33. The average Bonchev–Trinajstić information content (AvgIpc) is 2.92. The van der Waals surface area contributed by atoms with Crippen molar-refractivity contribution in [2.75, 3.05) is 0 Å². The van der Waals surface area contributed by atoms with E-state index in [0.29, 0.717) is 18.5 Å². The number of ketones is 1. The molecule has 0 aliphatic carbocycles. The molecule has 22 heavy (non-hydrogen) atoms.